The van der Waals surface area contributed by atoms with Gasteiger partial charge in [-0.15, -0.1) is 0 Å². The number of rotatable bonds is 2. The van der Waals surface area contributed by atoms with Crippen LogP contribution in [0.25, 0.3) is 0 Å². The van der Waals surface area contributed by atoms with Crippen LogP contribution in [0, 0.1) is 0 Å². The Hall–Kier alpha value is -1.33. The second kappa shape index (κ2) is 4.74. The van der Waals surface area contributed by atoms with Gasteiger partial charge in [-0.05, 0) is 19.4 Å². The lowest BCUT2D eigenvalue weighted by Gasteiger charge is -2.19. The Bertz CT molecular complexity index is 476. The monoisotopic (exact) mass is 269 g/mol. The van der Waals surface area contributed by atoms with Crippen LogP contribution < -0.4 is 5.32 Å². The van der Waals surface area contributed by atoms with E-state index in [1.165, 1.54) is 6.20 Å². The Kier molecular flexibility index (Phi) is 3.45. The molecule has 1 fully saturated rings. The van der Waals surface area contributed by atoms with Gasteiger partial charge in [-0.3, -0.25) is 4.79 Å². The van der Waals surface area contributed by atoms with Gasteiger partial charge in [-0.1, -0.05) is 11.6 Å². The molecule has 0 aliphatic carbocycles. The van der Waals surface area contributed by atoms with Crippen molar-refractivity contribution < 1.29 is 9.90 Å². The minimum atomic E-state index is -0.794. The maximum Gasteiger partial charge on any atom is 0.255 e. The summed E-state index contributed by atoms with van der Waals surface area (Å²) in [6, 6.07) is 1.59. The highest BCUT2D eigenvalue weighted by molar-refractivity contribution is 6.33. The molecular formula is C12H16ClN3O2. The number of carbonyl (C=O) groups excluding carboxylic acids is 1. The predicted octanol–water partition coefficient (Wildman–Crippen LogP) is 1.37. The van der Waals surface area contributed by atoms with Crippen LogP contribution >= 0.6 is 11.6 Å². The van der Waals surface area contributed by atoms with Gasteiger partial charge in [-0.2, -0.15) is 0 Å². The van der Waals surface area contributed by atoms with Crippen LogP contribution in [0.15, 0.2) is 12.3 Å². The molecule has 0 radical (unpaired) electrons. The zero-order valence-electron chi connectivity index (χ0n) is 10.4. The summed E-state index contributed by atoms with van der Waals surface area (Å²) in [6.07, 6.45) is 2.08. The maximum atomic E-state index is 12.2. The Morgan fingerprint density at radius 1 is 1.67 bits per heavy atom. The van der Waals surface area contributed by atoms with Crippen molar-refractivity contribution in [1.29, 1.82) is 0 Å². The first-order chi connectivity index (χ1) is 8.43. The van der Waals surface area contributed by atoms with E-state index in [-0.39, 0.29) is 5.91 Å². The molecule has 98 valence electrons. The lowest BCUT2D eigenvalue weighted by molar-refractivity contribution is 0.0572. The number of aromatic nitrogens is 1. The summed E-state index contributed by atoms with van der Waals surface area (Å²) >= 11 is 5.99. The van der Waals surface area contributed by atoms with Gasteiger partial charge in [0.05, 0.1) is 16.2 Å². The third kappa shape index (κ3) is 2.57. The minimum Gasteiger partial charge on any atom is -0.388 e. The molecule has 0 aromatic carbocycles. The maximum absolute atomic E-state index is 12.2. The first-order valence-electron chi connectivity index (χ1n) is 5.78. The van der Waals surface area contributed by atoms with Gasteiger partial charge in [0.25, 0.3) is 5.91 Å². The lowest BCUT2D eigenvalue weighted by Crippen LogP contribution is -2.33. The topological polar surface area (TPSA) is 65.5 Å². The lowest BCUT2D eigenvalue weighted by atomic mass is 10.1. The fraction of sp³-hybridized carbons (Fsp3) is 0.500. The van der Waals surface area contributed by atoms with Gasteiger partial charge in [0.15, 0.2) is 0 Å². The molecule has 2 rings (SSSR count). The summed E-state index contributed by atoms with van der Waals surface area (Å²) in [5.74, 6) is 0.395. The third-order valence-electron chi connectivity index (χ3n) is 3.06. The first kappa shape index (κ1) is 13.1. The van der Waals surface area contributed by atoms with E-state index in [4.69, 9.17) is 11.6 Å². The second-order valence-corrected chi connectivity index (χ2v) is 5.19. The van der Waals surface area contributed by atoms with Crippen molar-refractivity contribution in [2.24, 2.45) is 0 Å². The minimum absolute atomic E-state index is 0.148. The fourth-order valence-corrected chi connectivity index (χ4v) is 2.30. The number of pyridine rings is 1. The number of amides is 1. The van der Waals surface area contributed by atoms with Gasteiger partial charge in [0, 0.05) is 26.3 Å². The zero-order chi connectivity index (χ0) is 13.3. The van der Waals surface area contributed by atoms with Gasteiger partial charge < -0.3 is 15.3 Å². The average Bonchev–Trinajstić information content (AvgIpc) is 2.68. The SMILES string of the molecule is CNc1ncc(C(=O)N2CCC(C)(O)C2)cc1Cl. The summed E-state index contributed by atoms with van der Waals surface area (Å²) in [5.41, 5.74) is -0.352. The number of nitrogens with zero attached hydrogens (tertiary/aromatic N) is 2. The van der Waals surface area contributed by atoms with Crippen molar-refractivity contribution in [3.05, 3.63) is 22.8 Å². The molecule has 1 atom stereocenters. The standard InChI is InChI=1S/C12H16ClN3O2/c1-12(18)3-4-16(7-12)11(17)8-5-9(13)10(14-2)15-6-8/h5-6,18H,3-4,7H2,1-2H3,(H,14,15). The highest BCUT2D eigenvalue weighted by Gasteiger charge is 2.34. The van der Waals surface area contributed by atoms with E-state index in [0.29, 0.717) is 35.9 Å². The molecule has 0 spiro atoms. The largest absolute Gasteiger partial charge is 0.388 e. The number of anilines is 1. The van der Waals surface area contributed by atoms with Gasteiger partial charge in [0.2, 0.25) is 0 Å². The number of hydrogen-bond donors (Lipinski definition) is 2. The predicted molar refractivity (Wildman–Crippen MR) is 69.9 cm³/mol. The highest BCUT2D eigenvalue weighted by atomic mass is 35.5. The summed E-state index contributed by atoms with van der Waals surface area (Å²) < 4.78 is 0. The van der Waals surface area contributed by atoms with E-state index >= 15 is 0 Å². The number of likely N-dealkylation sites (tertiary alicyclic amines) is 1. The molecule has 1 aliphatic rings. The molecular weight excluding hydrogens is 254 g/mol. The van der Waals surface area contributed by atoms with Gasteiger partial charge >= 0.3 is 0 Å². The zero-order valence-corrected chi connectivity index (χ0v) is 11.2. The first-order valence-corrected chi connectivity index (χ1v) is 6.16. The molecule has 1 unspecified atom stereocenters. The number of halogens is 1. The number of carbonyl (C=O) groups is 1. The molecule has 2 heterocycles. The molecule has 1 aromatic rings. The second-order valence-electron chi connectivity index (χ2n) is 4.78. The van der Waals surface area contributed by atoms with Crippen LogP contribution in [-0.2, 0) is 0 Å². The number of aliphatic hydroxyl groups is 1. The Labute approximate surface area is 111 Å². The molecule has 5 nitrogen and oxygen atoms in total. The molecule has 6 heteroatoms. The van der Waals surface area contributed by atoms with E-state index in [0.717, 1.165) is 0 Å². The van der Waals surface area contributed by atoms with Crippen LogP contribution in [0.3, 0.4) is 0 Å². The number of β-amino-alcohol motifs (C(OH)–C–C–N with tert-alkyl or cyclic N) is 1. The fourth-order valence-electron chi connectivity index (χ4n) is 2.04. The summed E-state index contributed by atoms with van der Waals surface area (Å²) in [6.45, 7) is 2.63. The van der Waals surface area contributed by atoms with Crippen molar-refractivity contribution in [2.75, 3.05) is 25.5 Å². The molecule has 1 saturated heterocycles. The quantitative estimate of drug-likeness (QED) is 0.851. The summed E-state index contributed by atoms with van der Waals surface area (Å²) in [5, 5.41) is 13.1. The van der Waals surface area contributed by atoms with Crippen molar-refractivity contribution in [3.63, 3.8) is 0 Å². The Morgan fingerprint density at radius 2 is 2.39 bits per heavy atom. The van der Waals surface area contributed by atoms with Crippen molar-refractivity contribution in [3.8, 4) is 0 Å². The van der Waals surface area contributed by atoms with E-state index in [2.05, 4.69) is 10.3 Å². The van der Waals surface area contributed by atoms with E-state index in [1.54, 1.807) is 24.9 Å². The molecule has 1 aliphatic heterocycles. The third-order valence-corrected chi connectivity index (χ3v) is 3.35. The highest BCUT2D eigenvalue weighted by Crippen LogP contribution is 2.24. The van der Waals surface area contributed by atoms with Crippen LogP contribution in [0.4, 0.5) is 5.82 Å². The summed E-state index contributed by atoms with van der Waals surface area (Å²) in [4.78, 5) is 17.9. The smallest absolute Gasteiger partial charge is 0.255 e. The number of hydrogen-bond acceptors (Lipinski definition) is 4. The van der Waals surface area contributed by atoms with Crippen molar-refractivity contribution in [1.82, 2.24) is 9.88 Å². The average molecular weight is 270 g/mol. The molecule has 0 bridgehead atoms. The van der Waals surface area contributed by atoms with Crippen LogP contribution in [0.5, 0.6) is 0 Å². The molecule has 0 saturated carbocycles. The van der Waals surface area contributed by atoms with Crippen LogP contribution in [0.2, 0.25) is 5.02 Å². The summed E-state index contributed by atoms with van der Waals surface area (Å²) in [7, 11) is 1.72. The Balaban J connectivity index is 2.17. The van der Waals surface area contributed by atoms with E-state index in [1.807, 2.05) is 0 Å². The van der Waals surface area contributed by atoms with Crippen molar-refractivity contribution >= 4 is 23.3 Å². The molecule has 1 aromatic heterocycles. The van der Waals surface area contributed by atoms with Gasteiger partial charge in [-0.25, -0.2) is 4.98 Å². The van der Waals surface area contributed by atoms with E-state index < -0.39 is 5.60 Å². The van der Waals surface area contributed by atoms with Crippen LogP contribution in [0.1, 0.15) is 23.7 Å². The Morgan fingerprint density at radius 3 is 2.89 bits per heavy atom. The molecule has 18 heavy (non-hydrogen) atoms. The molecule has 1 amide bonds. The van der Waals surface area contributed by atoms with Gasteiger partial charge in [0.1, 0.15) is 5.82 Å². The van der Waals surface area contributed by atoms with E-state index in [9.17, 15) is 9.90 Å². The number of nitrogens with one attached hydrogen (secondary N) is 1. The van der Waals surface area contributed by atoms with Crippen molar-refractivity contribution in [2.45, 2.75) is 18.9 Å². The van der Waals surface area contributed by atoms with Crippen LogP contribution in [-0.4, -0.2) is 46.6 Å². The molecule has 2 N–H and O–H groups in total. The normalized spacial score (nSPS) is 23.2.